The molecule has 0 aliphatic heterocycles. The number of carbonyl (C=O) groups excluding carboxylic acids is 1. The lowest BCUT2D eigenvalue weighted by Crippen LogP contribution is -2.13. The third kappa shape index (κ3) is 2.67. The molecule has 0 aromatic carbocycles. The van der Waals surface area contributed by atoms with Gasteiger partial charge >= 0.3 is 6.18 Å². The summed E-state index contributed by atoms with van der Waals surface area (Å²) in [6.45, 7) is 1.82. The third-order valence-corrected chi connectivity index (χ3v) is 2.61. The Morgan fingerprint density at radius 1 is 1.32 bits per heavy atom. The van der Waals surface area contributed by atoms with Crippen molar-refractivity contribution in [2.75, 3.05) is 0 Å². The average molecular weight is 269 g/mol. The Bertz CT molecular complexity index is 602. The zero-order valence-electron chi connectivity index (χ0n) is 9.99. The van der Waals surface area contributed by atoms with Gasteiger partial charge in [-0.25, -0.2) is 0 Å². The maximum atomic E-state index is 12.8. The number of pyridine rings is 1. The van der Waals surface area contributed by atoms with Crippen LogP contribution in [-0.2, 0) is 12.6 Å². The van der Waals surface area contributed by atoms with Crippen LogP contribution >= 0.6 is 0 Å². The van der Waals surface area contributed by atoms with Crippen LogP contribution in [0.25, 0.3) is 0 Å². The highest BCUT2D eigenvalue weighted by atomic mass is 19.4. The molecule has 0 N–H and O–H groups in total. The molecule has 19 heavy (non-hydrogen) atoms. The van der Waals surface area contributed by atoms with E-state index >= 15 is 0 Å². The monoisotopic (exact) mass is 269 g/mol. The molecule has 2 aromatic rings. The second-order valence-corrected chi connectivity index (χ2v) is 3.87. The van der Waals surface area contributed by atoms with Gasteiger partial charge in [-0.3, -0.25) is 9.78 Å². The molecule has 0 amide bonds. The van der Waals surface area contributed by atoms with Crippen LogP contribution in [0, 0.1) is 0 Å². The molecule has 0 atom stereocenters. The molecule has 0 fully saturated rings. The number of furan rings is 1. The third-order valence-electron chi connectivity index (χ3n) is 2.61. The predicted molar refractivity (Wildman–Crippen MR) is 60.8 cm³/mol. The summed E-state index contributed by atoms with van der Waals surface area (Å²) in [5, 5.41) is 0. The highest BCUT2D eigenvalue weighted by Crippen LogP contribution is 2.32. The summed E-state index contributed by atoms with van der Waals surface area (Å²) in [6.07, 6.45) is -2.14. The molecule has 0 unspecified atom stereocenters. The number of rotatable bonds is 3. The molecule has 0 spiro atoms. The Kier molecular flexibility index (Phi) is 3.42. The summed E-state index contributed by atoms with van der Waals surface area (Å²) in [5.74, 6) is -0.392. The Balaban J connectivity index is 2.44. The van der Waals surface area contributed by atoms with Gasteiger partial charge in [0.05, 0.1) is 11.1 Å². The van der Waals surface area contributed by atoms with Crippen LogP contribution in [0.5, 0.6) is 0 Å². The molecule has 2 rings (SSSR count). The number of hydrogen-bond acceptors (Lipinski definition) is 3. The van der Waals surface area contributed by atoms with E-state index in [1.165, 1.54) is 6.07 Å². The van der Waals surface area contributed by atoms with E-state index in [0.717, 1.165) is 18.5 Å². The normalized spacial score (nSPS) is 11.6. The molecular weight excluding hydrogens is 259 g/mol. The van der Waals surface area contributed by atoms with Crippen molar-refractivity contribution >= 4 is 5.78 Å². The number of nitrogens with zero attached hydrogens (tertiary/aromatic N) is 1. The van der Waals surface area contributed by atoms with Crippen molar-refractivity contribution in [3.8, 4) is 0 Å². The van der Waals surface area contributed by atoms with E-state index in [9.17, 15) is 18.0 Å². The topological polar surface area (TPSA) is 43.1 Å². The molecule has 0 aliphatic carbocycles. The van der Waals surface area contributed by atoms with Crippen LogP contribution in [0.15, 0.2) is 35.0 Å². The number of aryl methyl sites for hydroxylation is 1. The smallest absolute Gasteiger partial charge is 0.417 e. The fourth-order valence-electron chi connectivity index (χ4n) is 1.65. The first-order valence-electron chi connectivity index (χ1n) is 5.58. The minimum atomic E-state index is -4.60. The molecular formula is C13H10F3NO2. The van der Waals surface area contributed by atoms with Gasteiger partial charge in [-0.2, -0.15) is 13.2 Å². The molecule has 3 nitrogen and oxygen atoms in total. The zero-order chi connectivity index (χ0) is 14.0. The van der Waals surface area contributed by atoms with Gasteiger partial charge in [0.25, 0.3) is 0 Å². The van der Waals surface area contributed by atoms with Crippen molar-refractivity contribution in [2.45, 2.75) is 19.5 Å². The largest absolute Gasteiger partial charge is 0.458 e. The minimum absolute atomic E-state index is 0.115. The Morgan fingerprint density at radius 2 is 2.05 bits per heavy atom. The van der Waals surface area contributed by atoms with Gasteiger partial charge in [-0.1, -0.05) is 6.92 Å². The lowest BCUT2D eigenvalue weighted by Gasteiger charge is -2.10. The predicted octanol–water partition coefficient (Wildman–Crippen LogP) is 3.49. The second kappa shape index (κ2) is 4.87. The first-order chi connectivity index (χ1) is 8.93. The van der Waals surface area contributed by atoms with Crippen molar-refractivity contribution < 1.29 is 22.4 Å². The molecule has 100 valence electrons. The fraction of sp³-hybridized carbons (Fsp3) is 0.231. The van der Waals surface area contributed by atoms with E-state index < -0.39 is 23.1 Å². The van der Waals surface area contributed by atoms with Crippen molar-refractivity contribution in [3.05, 3.63) is 53.2 Å². The number of hydrogen-bond donors (Lipinski definition) is 0. The van der Waals surface area contributed by atoms with E-state index in [1.54, 1.807) is 6.07 Å². The van der Waals surface area contributed by atoms with Gasteiger partial charge in [0.1, 0.15) is 5.76 Å². The van der Waals surface area contributed by atoms with E-state index in [0.29, 0.717) is 12.2 Å². The quantitative estimate of drug-likeness (QED) is 0.801. The van der Waals surface area contributed by atoms with E-state index in [-0.39, 0.29) is 5.76 Å². The first kappa shape index (κ1) is 13.3. The molecule has 6 heteroatoms. The number of alkyl halides is 3. The molecule has 2 heterocycles. The van der Waals surface area contributed by atoms with E-state index in [2.05, 4.69) is 4.98 Å². The summed E-state index contributed by atoms with van der Waals surface area (Å²) >= 11 is 0. The lowest BCUT2D eigenvalue weighted by molar-refractivity contribution is -0.137. The van der Waals surface area contributed by atoms with Crippen LogP contribution in [0.2, 0.25) is 0 Å². The van der Waals surface area contributed by atoms with E-state index in [1.807, 2.05) is 6.92 Å². The van der Waals surface area contributed by atoms with Crippen molar-refractivity contribution in [1.82, 2.24) is 4.98 Å². The minimum Gasteiger partial charge on any atom is -0.458 e. The Morgan fingerprint density at radius 3 is 2.63 bits per heavy atom. The van der Waals surface area contributed by atoms with Crippen molar-refractivity contribution in [3.63, 3.8) is 0 Å². The number of carbonyl (C=O) groups is 1. The molecule has 0 aliphatic rings. The van der Waals surface area contributed by atoms with Crippen LogP contribution in [0.4, 0.5) is 13.2 Å². The Hall–Kier alpha value is -2.11. The molecule has 0 saturated heterocycles. The van der Waals surface area contributed by atoms with Crippen molar-refractivity contribution in [2.24, 2.45) is 0 Å². The lowest BCUT2D eigenvalue weighted by atomic mass is 10.0. The maximum Gasteiger partial charge on any atom is 0.417 e. The van der Waals surface area contributed by atoms with Gasteiger partial charge in [-0.05, 0) is 18.2 Å². The molecule has 0 bridgehead atoms. The maximum absolute atomic E-state index is 12.8. The second-order valence-electron chi connectivity index (χ2n) is 3.87. The molecule has 0 radical (unpaired) electrons. The summed E-state index contributed by atoms with van der Waals surface area (Å²) in [5.41, 5.74) is -1.52. The van der Waals surface area contributed by atoms with Crippen LogP contribution in [-0.4, -0.2) is 10.8 Å². The highest BCUT2D eigenvalue weighted by molar-refractivity contribution is 6.08. The number of ketones is 1. The standard InChI is InChI=1S/C13H10F3NO2/c1-2-8-3-4-11(19-8)12(18)9-7-17-6-5-10(9)13(14,15)16/h3-7H,2H2,1H3. The fourth-order valence-corrected chi connectivity index (χ4v) is 1.65. The van der Waals surface area contributed by atoms with Gasteiger partial charge in [-0.15, -0.1) is 0 Å². The van der Waals surface area contributed by atoms with Crippen LogP contribution in [0.3, 0.4) is 0 Å². The summed E-state index contributed by atoms with van der Waals surface area (Å²) in [4.78, 5) is 15.6. The average Bonchev–Trinajstić information content (AvgIpc) is 2.85. The van der Waals surface area contributed by atoms with Gasteiger partial charge in [0.15, 0.2) is 5.76 Å². The Labute approximate surface area is 107 Å². The van der Waals surface area contributed by atoms with E-state index in [4.69, 9.17) is 4.42 Å². The molecule has 2 aromatic heterocycles. The number of halogens is 3. The van der Waals surface area contributed by atoms with Gasteiger partial charge < -0.3 is 4.42 Å². The first-order valence-corrected chi connectivity index (χ1v) is 5.58. The SMILES string of the molecule is CCc1ccc(C(=O)c2cnccc2C(F)(F)F)o1. The summed E-state index contributed by atoms with van der Waals surface area (Å²) in [6, 6.07) is 3.71. The molecule has 0 saturated carbocycles. The zero-order valence-corrected chi connectivity index (χ0v) is 9.99. The highest BCUT2D eigenvalue weighted by Gasteiger charge is 2.35. The number of aromatic nitrogens is 1. The summed E-state index contributed by atoms with van der Waals surface area (Å²) in [7, 11) is 0. The van der Waals surface area contributed by atoms with Gasteiger partial charge in [0.2, 0.25) is 5.78 Å². The van der Waals surface area contributed by atoms with Crippen LogP contribution in [0.1, 0.15) is 34.4 Å². The van der Waals surface area contributed by atoms with Gasteiger partial charge in [0, 0.05) is 18.8 Å². The van der Waals surface area contributed by atoms with Crippen LogP contribution < -0.4 is 0 Å². The van der Waals surface area contributed by atoms with Crippen molar-refractivity contribution in [1.29, 1.82) is 0 Å². The summed E-state index contributed by atoms with van der Waals surface area (Å²) < 4.78 is 43.5.